The van der Waals surface area contributed by atoms with Crippen LogP contribution in [0.3, 0.4) is 0 Å². The summed E-state index contributed by atoms with van der Waals surface area (Å²) in [5.74, 6) is -1.02. The fraction of sp³-hybridized carbons (Fsp3) is 0.158. The molecule has 11 nitrogen and oxygen atoms in total. The van der Waals surface area contributed by atoms with Gasteiger partial charge in [-0.05, 0) is 30.5 Å². The number of esters is 1. The lowest BCUT2D eigenvalue weighted by Gasteiger charge is -2.02. The van der Waals surface area contributed by atoms with E-state index in [4.69, 9.17) is 0 Å². The SMILES string of the molecule is COC(=O)Cc1[nH]n(-c2ccc([N+](=O)[O-])cc2)c(=O)c1C(C)=NNC(=O)c1cccs1. The van der Waals surface area contributed by atoms with E-state index in [1.54, 1.807) is 17.5 Å². The zero-order chi connectivity index (χ0) is 22.5. The Morgan fingerprint density at radius 3 is 2.58 bits per heavy atom. The highest BCUT2D eigenvalue weighted by molar-refractivity contribution is 7.12. The van der Waals surface area contributed by atoms with Crippen molar-refractivity contribution in [1.82, 2.24) is 15.2 Å². The van der Waals surface area contributed by atoms with Gasteiger partial charge in [-0.3, -0.25) is 29.6 Å². The molecule has 0 aliphatic rings. The molecule has 2 N–H and O–H groups in total. The molecule has 0 unspecified atom stereocenters. The zero-order valence-electron chi connectivity index (χ0n) is 16.4. The molecule has 0 atom stereocenters. The zero-order valence-corrected chi connectivity index (χ0v) is 17.3. The molecule has 0 saturated carbocycles. The van der Waals surface area contributed by atoms with E-state index in [1.807, 2.05) is 0 Å². The maximum absolute atomic E-state index is 13.0. The van der Waals surface area contributed by atoms with Crippen LogP contribution in [0, 0.1) is 10.1 Å². The molecule has 31 heavy (non-hydrogen) atoms. The lowest BCUT2D eigenvalue weighted by molar-refractivity contribution is -0.384. The molecule has 1 aromatic carbocycles. The number of thiophene rings is 1. The predicted molar refractivity (Wildman–Crippen MR) is 113 cm³/mol. The number of carbonyl (C=O) groups excluding carboxylic acids is 2. The minimum absolute atomic E-state index is 0.0789. The van der Waals surface area contributed by atoms with Gasteiger partial charge < -0.3 is 4.74 Å². The monoisotopic (exact) mass is 443 g/mol. The van der Waals surface area contributed by atoms with E-state index in [0.29, 0.717) is 10.6 Å². The van der Waals surface area contributed by atoms with Crippen LogP contribution >= 0.6 is 11.3 Å². The summed E-state index contributed by atoms with van der Waals surface area (Å²) < 4.78 is 5.82. The molecule has 160 valence electrons. The number of hydrogen-bond donors (Lipinski definition) is 2. The van der Waals surface area contributed by atoms with Crippen molar-refractivity contribution in [2.75, 3.05) is 7.11 Å². The molecule has 1 amide bonds. The molecular formula is C19H17N5O6S. The first-order chi connectivity index (χ1) is 14.8. The van der Waals surface area contributed by atoms with Crippen LogP contribution in [0.15, 0.2) is 51.7 Å². The average Bonchev–Trinajstić information content (AvgIpc) is 3.40. The fourth-order valence-electron chi connectivity index (χ4n) is 2.76. The smallest absolute Gasteiger partial charge is 0.311 e. The summed E-state index contributed by atoms with van der Waals surface area (Å²) in [6.07, 6.45) is -0.243. The van der Waals surface area contributed by atoms with E-state index in [1.165, 1.54) is 49.6 Å². The second-order valence-electron chi connectivity index (χ2n) is 6.25. The summed E-state index contributed by atoms with van der Waals surface area (Å²) in [6, 6.07) is 8.65. The van der Waals surface area contributed by atoms with Crippen molar-refractivity contribution < 1.29 is 19.2 Å². The van der Waals surface area contributed by atoms with Crippen LogP contribution < -0.4 is 11.0 Å². The number of ether oxygens (including phenoxy) is 1. The van der Waals surface area contributed by atoms with E-state index in [2.05, 4.69) is 20.4 Å². The van der Waals surface area contributed by atoms with Crippen LogP contribution in [0.25, 0.3) is 5.69 Å². The van der Waals surface area contributed by atoms with Gasteiger partial charge in [0, 0.05) is 12.1 Å². The third kappa shape index (κ3) is 4.75. The van der Waals surface area contributed by atoms with Crippen LogP contribution in [0.2, 0.25) is 0 Å². The minimum Gasteiger partial charge on any atom is -0.469 e. The number of benzene rings is 1. The number of methoxy groups -OCH3 is 1. The van der Waals surface area contributed by atoms with E-state index >= 15 is 0 Å². The summed E-state index contributed by atoms with van der Waals surface area (Å²) in [5.41, 5.74) is 2.50. The molecule has 0 spiro atoms. The van der Waals surface area contributed by atoms with E-state index in [9.17, 15) is 24.5 Å². The largest absolute Gasteiger partial charge is 0.469 e. The molecule has 0 aliphatic carbocycles. The second-order valence-corrected chi connectivity index (χ2v) is 7.20. The van der Waals surface area contributed by atoms with Crippen LogP contribution in [-0.2, 0) is 16.0 Å². The molecular weight excluding hydrogens is 426 g/mol. The number of nitro benzene ring substituents is 1. The molecule has 2 aromatic heterocycles. The number of hydrogen-bond acceptors (Lipinski definition) is 8. The van der Waals surface area contributed by atoms with Crippen molar-refractivity contribution >= 4 is 34.6 Å². The van der Waals surface area contributed by atoms with Crippen molar-refractivity contribution in [2.24, 2.45) is 5.10 Å². The number of amides is 1. The van der Waals surface area contributed by atoms with E-state index in [-0.39, 0.29) is 29.1 Å². The van der Waals surface area contributed by atoms with Gasteiger partial charge in [0.1, 0.15) is 0 Å². The Morgan fingerprint density at radius 2 is 2.00 bits per heavy atom. The van der Waals surface area contributed by atoms with Gasteiger partial charge in [0.25, 0.3) is 17.2 Å². The van der Waals surface area contributed by atoms with Gasteiger partial charge >= 0.3 is 5.97 Å². The Hall–Kier alpha value is -4.06. The number of hydrazone groups is 1. The number of nitrogens with one attached hydrogen (secondary N) is 2. The standard InChI is InChI=1S/C19H17N5O6S/c1-11(20-21-18(26)15-4-3-9-31-15)17-14(10-16(25)30-2)22-23(19(17)27)12-5-7-13(8-6-12)24(28)29/h3-9,22H,10H2,1-2H3,(H,21,26). The van der Waals surface area contributed by atoms with Crippen LogP contribution in [0.5, 0.6) is 0 Å². The van der Waals surface area contributed by atoms with Crippen LogP contribution in [-0.4, -0.2) is 39.4 Å². The summed E-state index contributed by atoms with van der Waals surface area (Å²) >= 11 is 1.24. The summed E-state index contributed by atoms with van der Waals surface area (Å²) in [7, 11) is 1.22. The number of nitrogens with zero attached hydrogens (tertiary/aromatic N) is 3. The molecule has 0 saturated heterocycles. The third-order valence-electron chi connectivity index (χ3n) is 4.26. The predicted octanol–water partition coefficient (Wildman–Crippen LogP) is 2.00. The summed E-state index contributed by atoms with van der Waals surface area (Å²) in [6.45, 7) is 1.51. The van der Waals surface area contributed by atoms with E-state index < -0.39 is 22.4 Å². The third-order valence-corrected chi connectivity index (χ3v) is 5.13. The Bertz CT molecular complexity index is 1210. The summed E-state index contributed by atoms with van der Waals surface area (Å²) in [4.78, 5) is 47.7. The maximum atomic E-state index is 13.0. The normalized spacial score (nSPS) is 11.2. The lowest BCUT2D eigenvalue weighted by Crippen LogP contribution is -2.23. The highest BCUT2D eigenvalue weighted by Gasteiger charge is 2.21. The number of aromatic nitrogens is 2. The first-order valence-electron chi connectivity index (χ1n) is 8.86. The maximum Gasteiger partial charge on any atom is 0.311 e. The Kier molecular flexibility index (Phi) is 6.40. The van der Waals surface area contributed by atoms with Crippen LogP contribution in [0.1, 0.15) is 27.9 Å². The van der Waals surface area contributed by atoms with Gasteiger partial charge in [0.05, 0.1) is 46.0 Å². The van der Waals surface area contributed by atoms with Gasteiger partial charge in [-0.25, -0.2) is 10.1 Å². The van der Waals surface area contributed by atoms with Gasteiger partial charge in [-0.15, -0.1) is 11.3 Å². The number of non-ortho nitro benzene ring substituents is 1. The summed E-state index contributed by atoms with van der Waals surface area (Å²) in [5, 5.41) is 19.4. The topological polar surface area (TPSA) is 149 Å². The van der Waals surface area contributed by atoms with Crippen molar-refractivity contribution in [3.05, 3.63) is 78.4 Å². The Labute approximate surface area is 179 Å². The molecule has 0 aliphatic heterocycles. The molecule has 0 fully saturated rings. The molecule has 3 aromatic rings. The fourth-order valence-corrected chi connectivity index (χ4v) is 3.37. The average molecular weight is 443 g/mol. The lowest BCUT2D eigenvalue weighted by atomic mass is 10.1. The Balaban J connectivity index is 2.00. The van der Waals surface area contributed by atoms with E-state index in [0.717, 1.165) is 4.68 Å². The number of H-pyrrole nitrogens is 1. The molecule has 0 bridgehead atoms. The van der Waals surface area contributed by atoms with Crippen molar-refractivity contribution in [2.45, 2.75) is 13.3 Å². The highest BCUT2D eigenvalue weighted by atomic mass is 32.1. The van der Waals surface area contributed by atoms with Gasteiger partial charge in [-0.1, -0.05) is 6.07 Å². The molecule has 12 heteroatoms. The quantitative estimate of drug-likeness (QED) is 0.247. The molecule has 3 rings (SSSR count). The van der Waals surface area contributed by atoms with Crippen molar-refractivity contribution in [3.63, 3.8) is 0 Å². The number of nitro groups is 1. The minimum atomic E-state index is -0.589. The van der Waals surface area contributed by atoms with Gasteiger partial charge in [-0.2, -0.15) is 5.10 Å². The molecule has 0 radical (unpaired) electrons. The number of aromatic amines is 1. The molecule has 2 heterocycles. The van der Waals surface area contributed by atoms with Crippen LogP contribution in [0.4, 0.5) is 5.69 Å². The first kappa shape index (κ1) is 21.6. The van der Waals surface area contributed by atoms with Gasteiger partial charge in [0.15, 0.2) is 0 Å². The Morgan fingerprint density at radius 1 is 1.29 bits per heavy atom. The second kappa shape index (κ2) is 9.17. The first-order valence-corrected chi connectivity index (χ1v) is 9.73. The highest BCUT2D eigenvalue weighted by Crippen LogP contribution is 2.15. The number of carbonyl (C=O) groups is 2. The van der Waals surface area contributed by atoms with Crippen molar-refractivity contribution in [3.8, 4) is 5.69 Å². The number of rotatable bonds is 7. The van der Waals surface area contributed by atoms with Gasteiger partial charge in [0.2, 0.25) is 0 Å². The van der Waals surface area contributed by atoms with Crippen molar-refractivity contribution in [1.29, 1.82) is 0 Å².